The second kappa shape index (κ2) is 6.57. The number of hydrogen-bond acceptors (Lipinski definition) is 3. The topological polar surface area (TPSA) is 58.6 Å². The fourth-order valence-electron chi connectivity index (χ4n) is 1.87. The highest BCUT2D eigenvalue weighted by atomic mass is 16.5. The molecule has 0 spiro atoms. The van der Waals surface area contributed by atoms with E-state index in [-0.39, 0.29) is 0 Å². The first-order valence-electron chi connectivity index (χ1n) is 6.49. The smallest absolute Gasteiger partial charge is 0.323 e. The number of hydrogen-bond donors (Lipinski definition) is 2. The number of carboxylic acids is 1. The molecule has 0 fully saturated rings. The first kappa shape index (κ1) is 15.5. The van der Waals surface area contributed by atoms with Crippen molar-refractivity contribution in [1.82, 2.24) is 5.32 Å². The minimum Gasteiger partial charge on any atom is -0.496 e. The number of carbonyl (C=O) groups is 1. The van der Waals surface area contributed by atoms with Crippen LogP contribution in [0.15, 0.2) is 24.3 Å². The van der Waals surface area contributed by atoms with Crippen LogP contribution in [0.4, 0.5) is 0 Å². The molecular weight excluding hydrogens is 242 g/mol. The third kappa shape index (κ3) is 4.24. The highest BCUT2D eigenvalue weighted by Crippen LogP contribution is 2.23. The molecule has 0 saturated heterocycles. The van der Waals surface area contributed by atoms with E-state index < -0.39 is 11.5 Å². The van der Waals surface area contributed by atoms with E-state index >= 15 is 0 Å². The second-order valence-corrected chi connectivity index (χ2v) is 5.40. The fourth-order valence-corrected chi connectivity index (χ4v) is 1.87. The molecule has 0 aromatic heterocycles. The average Bonchev–Trinajstić information content (AvgIpc) is 2.37. The van der Waals surface area contributed by atoms with Crippen LogP contribution in [0.5, 0.6) is 5.75 Å². The van der Waals surface area contributed by atoms with E-state index in [1.165, 1.54) is 0 Å². The summed E-state index contributed by atoms with van der Waals surface area (Å²) in [5.74, 6) is 0.275. The Morgan fingerprint density at radius 3 is 2.58 bits per heavy atom. The van der Waals surface area contributed by atoms with E-state index in [2.05, 4.69) is 19.2 Å². The van der Waals surface area contributed by atoms with Gasteiger partial charge < -0.3 is 15.2 Å². The maximum absolute atomic E-state index is 11.5. The summed E-state index contributed by atoms with van der Waals surface area (Å²) < 4.78 is 5.28. The Morgan fingerprint density at radius 1 is 1.42 bits per heavy atom. The zero-order valence-corrected chi connectivity index (χ0v) is 12.1. The Morgan fingerprint density at radius 2 is 2.05 bits per heavy atom. The van der Waals surface area contributed by atoms with Crippen LogP contribution in [-0.4, -0.2) is 30.3 Å². The Hall–Kier alpha value is -1.55. The molecule has 0 aliphatic rings. The van der Waals surface area contributed by atoms with Crippen LogP contribution in [0.2, 0.25) is 0 Å². The van der Waals surface area contributed by atoms with Gasteiger partial charge in [-0.3, -0.25) is 4.79 Å². The number of rotatable bonds is 7. The van der Waals surface area contributed by atoms with Crippen molar-refractivity contribution in [3.8, 4) is 5.75 Å². The summed E-state index contributed by atoms with van der Waals surface area (Å²) in [6.07, 6.45) is 0.388. The lowest BCUT2D eigenvalue weighted by Gasteiger charge is -2.28. The SMILES string of the molecule is COc1ccccc1CC(C)(NCC(C)C)C(=O)O. The molecule has 4 heteroatoms. The molecule has 1 aromatic carbocycles. The maximum Gasteiger partial charge on any atom is 0.323 e. The Labute approximate surface area is 114 Å². The third-order valence-electron chi connectivity index (χ3n) is 3.11. The van der Waals surface area contributed by atoms with Crippen molar-refractivity contribution < 1.29 is 14.6 Å². The molecule has 19 heavy (non-hydrogen) atoms. The Bertz CT molecular complexity index is 431. The van der Waals surface area contributed by atoms with Crippen LogP contribution in [0.25, 0.3) is 0 Å². The van der Waals surface area contributed by atoms with E-state index in [1.54, 1.807) is 14.0 Å². The summed E-state index contributed by atoms with van der Waals surface area (Å²) >= 11 is 0. The molecule has 0 heterocycles. The normalized spacial score (nSPS) is 14.2. The largest absolute Gasteiger partial charge is 0.496 e. The van der Waals surface area contributed by atoms with Gasteiger partial charge in [0.05, 0.1) is 7.11 Å². The maximum atomic E-state index is 11.5. The van der Waals surface area contributed by atoms with E-state index in [0.29, 0.717) is 18.9 Å². The zero-order chi connectivity index (χ0) is 14.5. The van der Waals surface area contributed by atoms with E-state index in [0.717, 1.165) is 11.3 Å². The van der Waals surface area contributed by atoms with Crippen molar-refractivity contribution in [2.75, 3.05) is 13.7 Å². The van der Waals surface area contributed by atoms with Crippen molar-refractivity contribution in [2.45, 2.75) is 32.7 Å². The summed E-state index contributed by atoms with van der Waals surface area (Å²) in [5, 5.41) is 12.6. The highest BCUT2D eigenvalue weighted by molar-refractivity contribution is 5.78. The molecule has 106 valence electrons. The second-order valence-electron chi connectivity index (χ2n) is 5.40. The lowest BCUT2D eigenvalue weighted by atomic mass is 9.91. The number of benzene rings is 1. The molecule has 1 rings (SSSR count). The first-order chi connectivity index (χ1) is 8.89. The molecule has 0 amide bonds. The standard InChI is InChI=1S/C15H23NO3/c1-11(2)10-16-15(3,14(17)18)9-12-7-5-6-8-13(12)19-4/h5-8,11,16H,9-10H2,1-4H3,(H,17,18). The number of nitrogens with one attached hydrogen (secondary N) is 1. The van der Waals surface area contributed by atoms with Crippen LogP contribution in [0, 0.1) is 5.92 Å². The number of para-hydroxylation sites is 1. The van der Waals surface area contributed by atoms with Gasteiger partial charge in [-0.25, -0.2) is 0 Å². The van der Waals surface area contributed by atoms with Gasteiger partial charge in [0.2, 0.25) is 0 Å². The van der Waals surface area contributed by atoms with Crippen molar-refractivity contribution in [3.05, 3.63) is 29.8 Å². The first-order valence-corrected chi connectivity index (χ1v) is 6.49. The molecule has 1 aromatic rings. The molecule has 2 N–H and O–H groups in total. The van der Waals surface area contributed by atoms with Gasteiger partial charge in [-0.1, -0.05) is 32.0 Å². The van der Waals surface area contributed by atoms with Crippen LogP contribution in [-0.2, 0) is 11.2 Å². The molecular formula is C15H23NO3. The molecule has 0 saturated carbocycles. The van der Waals surface area contributed by atoms with Crippen molar-refractivity contribution in [1.29, 1.82) is 0 Å². The van der Waals surface area contributed by atoms with Crippen LogP contribution < -0.4 is 10.1 Å². The van der Waals surface area contributed by atoms with Gasteiger partial charge in [0.1, 0.15) is 11.3 Å². The van der Waals surface area contributed by atoms with Crippen molar-refractivity contribution in [3.63, 3.8) is 0 Å². The van der Waals surface area contributed by atoms with Crippen molar-refractivity contribution in [2.24, 2.45) is 5.92 Å². The van der Waals surface area contributed by atoms with Gasteiger partial charge >= 0.3 is 5.97 Å². The van der Waals surface area contributed by atoms with Gasteiger partial charge in [-0.2, -0.15) is 0 Å². The summed E-state index contributed by atoms with van der Waals surface area (Å²) in [6, 6.07) is 7.52. The Kier molecular flexibility index (Phi) is 5.36. The monoisotopic (exact) mass is 265 g/mol. The lowest BCUT2D eigenvalue weighted by Crippen LogP contribution is -2.52. The predicted molar refractivity (Wildman–Crippen MR) is 75.6 cm³/mol. The van der Waals surface area contributed by atoms with Gasteiger partial charge in [0.25, 0.3) is 0 Å². The molecule has 0 aliphatic heterocycles. The van der Waals surface area contributed by atoms with E-state index in [4.69, 9.17) is 4.74 Å². The van der Waals surface area contributed by atoms with Gasteiger partial charge in [0, 0.05) is 6.42 Å². The zero-order valence-electron chi connectivity index (χ0n) is 12.1. The fraction of sp³-hybridized carbons (Fsp3) is 0.533. The summed E-state index contributed by atoms with van der Waals surface area (Å²) in [4.78, 5) is 11.5. The summed E-state index contributed by atoms with van der Waals surface area (Å²) in [5.41, 5.74) is -0.0926. The number of methoxy groups -OCH3 is 1. The number of aliphatic carboxylic acids is 1. The quantitative estimate of drug-likeness (QED) is 0.794. The van der Waals surface area contributed by atoms with Gasteiger partial charge in [-0.15, -0.1) is 0 Å². The lowest BCUT2D eigenvalue weighted by molar-refractivity contribution is -0.144. The average molecular weight is 265 g/mol. The summed E-state index contributed by atoms with van der Waals surface area (Å²) in [7, 11) is 1.60. The Balaban J connectivity index is 2.91. The minimum absolute atomic E-state index is 0.388. The third-order valence-corrected chi connectivity index (χ3v) is 3.11. The molecule has 0 radical (unpaired) electrons. The predicted octanol–water partition coefficient (Wildman–Crippen LogP) is 2.33. The molecule has 1 atom stereocenters. The molecule has 4 nitrogen and oxygen atoms in total. The summed E-state index contributed by atoms with van der Waals surface area (Å²) in [6.45, 7) is 6.48. The highest BCUT2D eigenvalue weighted by Gasteiger charge is 2.33. The molecule has 0 aliphatic carbocycles. The van der Waals surface area contributed by atoms with Gasteiger partial charge in [-0.05, 0) is 31.0 Å². The van der Waals surface area contributed by atoms with Crippen LogP contribution in [0.3, 0.4) is 0 Å². The number of carboxylic acid groups (broad SMARTS) is 1. The van der Waals surface area contributed by atoms with Crippen LogP contribution >= 0.6 is 0 Å². The van der Waals surface area contributed by atoms with Crippen molar-refractivity contribution >= 4 is 5.97 Å². The molecule has 0 bridgehead atoms. The number of ether oxygens (including phenoxy) is 1. The molecule has 1 unspecified atom stereocenters. The van der Waals surface area contributed by atoms with Gasteiger partial charge in [0.15, 0.2) is 0 Å². The van der Waals surface area contributed by atoms with Crippen LogP contribution in [0.1, 0.15) is 26.3 Å². The van der Waals surface area contributed by atoms with E-state index in [1.807, 2.05) is 24.3 Å². The minimum atomic E-state index is -0.987. The van der Waals surface area contributed by atoms with E-state index in [9.17, 15) is 9.90 Å².